The predicted molar refractivity (Wildman–Crippen MR) is 116 cm³/mol. The van der Waals surface area contributed by atoms with Gasteiger partial charge in [-0.3, -0.25) is 4.79 Å². The molecule has 1 spiro atoms. The predicted octanol–water partition coefficient (Wildman–Crippen LogP) is 5.97. The van der Waals surface area contributed by atoms with Crippen molar-refractivity contribution in [3.05, 3.63) is 64.4 Å². The normalized spacial score (nSPS) is 26.0. The number of halogens is 4. The maximum atomic E-state index is 13.6. The molecule has 1 amide bonds. The van der Waals surface area contributed by atoms with Gasteiger partial charge in [0.15, 0.2) is 5.60 Å². The summed E-state index contributed by atoms with van der Waals surface area (Å²) in [6.45, 7) is 1.82. The van der Waals surface area contributed by atoms with Crippen molar-refractivity contribution in [2.24, 2.45) is 0 Å². The Hall–Kier alpha value is -2.51. The molecule has 0 atom stereocenters. The van der Waals surface area contributed by atoms with E-state index in [1.807, 2.05) is 31.2 Å². The van der Waals surface area contributed by atoms with Gasteiger partial charge in [0, 0.05) is 12.1 Å². The van der Waals surface area contributed by atoms with Crippen molar-refractivity contribution in [1.29, 1.82) is 0 Å². The Morgan fingerprint density at radius 3 is 2.19 bits per heavy atom. The molecule has 2 aromatic rings. The summed E-state index contributed by atoms with van der Waals surface area (Å²) < 4.78 is 45.6. The zero-order valence-electron chi connectivity index (χ0n) is 17.6. The summed E-state index contributed by atoms with van der Waals surface area (Å²) in [6, 6.07) is 12.8. The smallest absolute Gasteiger partial charge is 0.417 e. The van der Waals surface area contributed by atoms with Crippen LogP contribution in [0.2, 0.25) is 5.02 Å². The topological polar surface area (TPSA) is 58.6 Å². The monoisotopic (exact) mass is 465 g/mol. The highest BCUT2D eigenvalue weighted by Crippen LogP contribution is 2.50. The summed E-state index contributed by atoms with van der Waals surface area (Å²) >= 11 is 5.97. The summed E-state index contributed by atoms with van der Waals surface area (Å²) in [4.78, 5) is 12.9. The van der Waals surface area contributed by atoms with Crippen LogP contribution in [0.1, 0.15) is 36.8 Å². The largest absolute Gasteiger partial charge is 0.509 e. The molecule has 0 radical (unpaired) electrons. The highest BCUT2D eigenvalue weighted by Gasteiger charge is 2.61. The average molecular weight is 466 g/mol. The van der Waals surface area contributed by atoms with E-state index in [1.54, 1.807) is 18.2 Å². The van der Waals surface area contributed by atoms with Crippen molar-refractivity contribution < 1.29 is 27.8 Å². The molecular weight excluding hydrogens is 443 g/mol. The van der Waals surface area contributed by atoms with Crippen LogP contribution in [-0.2, 0) is 9.53 Å². The number of carbonyl (C=O) groups excluding carboxylic acids is 1. The fraction of sp³-hybridized carbons (Fsp3) is 0.375. The van der Waals surface area contributed by atoms with E-state index >= 15 is 0 Å². The number of carbonyl (C=O) groups is 1. The number of ether oxygens (including phenoxy) is 1. The number of hydrogen-bond donors (Lipinski definition) is 2. The number of methoxy groups -OCH3 is 1. The van der Waals surface area contributed by atoms with E-state index < -0.39 is 23.2 Å². The maximum Gasteiger partial charge on any atom is 0.417 e. The Balaban J connectivity index is 1.71. The summed E-state index contributed by atoms with van der Waals surface area (Å²) in [5.74, 6) is -0.693. The van der Waals surface area contributed by atoms with Crippen LogP contribution in [-0.4, -0.2) is 35.4 Å². The van der Waals surface area contributed by atoms with Crippen molar-refractivity contribution in [3.8, 4) is 11.1 Å². The lowest BCUT2D eigenvalue weighted by molar-refractivity contribution is -0.282. The van der Waals surface area contributed by atoms with Crippen LogP contribution in [0.5, 0.6) is 0 Å². The number of amides is 1. The van der Waals surface area contributed by atoms with Gasteiger partial charge in [-0.15, -0.1) is 0 Å². The van der Waals surface area contributed by atoms with E-state index in [-0.39, 0.29) is 37.0 Å². The first-order chi connectivity index (χ1) is 15.0. The molecule has 2 aromatic carbocycles. The number of nitrogens with one attached hydrogen (secondary N) is 1. The molecule has 4 rings (SSSR count). The van der Waals surface area contributed by atoms with Gasteiger partial charge in [0.2, 0.25) is 0 Å². The van der Waals surface area contributed by atoms with Crippen LogP contribution in [0, 0.1) is 6.92 Å². The SMILES string of the molecule is CO[C@]1(C(F)(F)F)CC[C@@]2(CC1)NC(=O)C(c1cc(-c3ccc(Cl)cc3)ccc1C)=C2O. The van der Waals surface area contributed by atoms with Crippen molar-refractivity contribution >= 4 is 23.1 Å². The van der Waals surface area contributed by atoms with Crippen LogP contribution in [0.4, 0.5) is 13.2 Å². The first-order valence-electron chi connectivity index (χ1n) is 10.3. The van der Waals surface area contributed by atoms with Crippen LogP contribution in [0.15, 0.2) is 48.2 Å². The van der Waals surface area contributed by atoms with E-state index in [9.17, 15) is 23.1 Å². The summed E-state index contributed by atoms with van der Waals surface area (Å²) in [7, 11) is 1.05. The van der Waals surface area contributed by atoms with Crippen LogP contribution >= 0.6 is 11.6 Å². The molecule has 0 unspecified atom stereocenters. The maximum absolute atomic E-state index is 13.6. The molecule has 170 valence electrons. The van der Waals surface area contributed by atoms with Crippen molar-refractivity contribution in [1.82, 2.24) is 5.32 Å². The summed E-state index contributed by atoms with van der Waals surface area (Å²) in [6.07, 6.45) is -5.38. The molecule has 0 bridgehead atoms. The lowest BCUT2D eigenvalue weighted by Gasteiger charge is -2.44. The van der Waals surface area contributed by atoms with Gasteiger partial charge in [-0.25, -0.2) is 0 Å². The molecule has 1 aliphatic heterocycles. The van der Waals surface area contributed by atoms with Gasteiger partial charge in [0.1, 0.15) is 5.76 Å². The fourth-order valence-electron chi connectivity index (χ4n) is 4.69. The molecule has 32 heavy (non-hydrogen) atoms. The minimum absolute atomic E-state index is 0.0721. The second-order valence-electron chi connectivity index (χ2n) is 8.49. The molecule has 2 aliphatic rings. The Bertz CT molecular complexity index is 1080. The van der Waals surface area contributed by atoms with Gasteiger partial charge >= 0.3 is 6.18 Å². The van der Waals surface area contributed by atoms with Crippen molar-refractivity contribution in [2.45, 2.75) is 49.9 Å². The number of benzene rings is 2. The molecule has 1 aliphatic carbocycles. The highest BCUT2D eigenvalue weighted by atomic mass is 35.5. The third kappa shape index (κ3) is 3.57. The van der Waals surface area contributed by atoms with Crippen LogP contribution in [0.3, 0.4) is 0 Å². The standard InChI is InChI=1S/C24H23ClF3NO3/c1-14-3-4-16(15-5-7-17(25)8-6-15)13-18(14)19-20(30)22(29-21(19)31)9-11-23(32-2,12-10-22)24(26,27)28/h3-8,13,30H,9-12H2,1-2H3,(H,29,31)/t22-,23+. The minimum Gasteiger partial charge on any atom is -0.509 e. The van der Waals surface area contributed by atoms with Crippen molar-refractivity contribution in [2.75, 3.05) is 7.11 Å². The lowest BCUT2D eigenvalue weighted by Crippen LogP contribution is -2.57. The van der Waals surface area contributed by atoms with Crippen molar-refractivity contribution in [3.63, 3.8) is 0 Å². The summed E-state index contributed by atoms with van der Waals surface area (Å²) in [5.41, 5.74) is -0.349. The van der Waals surface area contributed by atoms with E-state index in [4.69, 9.17) is 16.3 Å². The van der Waals surface area contributed by atoms with Crippen LogP contribution < -0.4 is 5.32 Å². The second kappa shape index (κ2) is 7.81. The fourth-order valence-corrected chi connectivity index (χ4v) is 4.82. The number of aliphatic hydroxyl groups excluding tert-OH is 1. The Morgan fingerprint density at radius 2 is 1.62 bits per heavy atom. The first-order valence-corrected chi connectivity index (χ1v) is 10.6. The van der Waals surface area contributed by atoms with Gasteiger partial charge in [0.25, 0.3) is 5.91 Å². The molecule has 0 aromatic heterocycles. The third-order valence-corrected chi connectivity index (χ3v) is 7.02. The molecule has 1 heterocycles. The first kappa shape index (κ1) is 22.7. The zero-order chi connectivity index (χ0) is 23.3. The number of hydrogen-bond acceptors (Lipinski definition) is 3. The van der Waals surface area contributed by atoms with E-state index in [1.165, 1.54) is 0 Å². The number of alkyl halides is 3. The number of aryl methyl sites for hydroxylation is 1. The lowest BCUT2D eigenvalue weighted by atomic mass is 9.72. The molecule has 4 nitrogen and oxygen atoms in total. The second-order valence-corrected chi connectivity index (χ2v) is 8.93. The highest BCUT2D eigenvalue weighted by molar-refractivity contribution is 6.30. The van der Waals surface area contributed by atoms with Gasteiger partial charge in [-0.2, -0.15) is 13.2 Å². The van der Waals surface area contributed by atoms with Gasteiger partial charge in [-0.05, 0) is 73.1 Å². The van der Waals surface area contributed by atoms with E-state index in [0.717, 1.165) is 23.8 Å². The molecule has 8 heteroatoms. The molecule has 1 fully saturated rings. The molecule has 0 saturated heterocycles. The Labute approximate surface area is 189 Å². The minimum atomic E-state index is -4.53. The Morgan fingerprint density at radius 1 is 1.03 bits per heavy atom. The molecule has 2 N–H and O–H groups in total. The van der Waals surface area contributed by atoms with Gasteiger partial charge in [0.05, 0.1) is 11.1 Å². The summed E-state index contributed by atoms with van der Waals surface area (Å²) in [5, 5.41) is 14.5. The van der Waals surface area contributed by atoms with Gasteiger partial charge in [-0.1, -0.05) is 35.9 Å². The number of aliphatic hydroxyl groups is 1. The van der Waals surface area contributed by atoms with Crippen LogP contribution in [0.25, 0.3) is 16.7 Å². The van der Waals surface area contributed by atoms with Gasteiger partial charge < -0.3 is 15.2 Å². The molecule has 1 saturated carbocycles. The third-order valence-electron chi connectivity index (χ3n) is 6.77. The zero-order valence-corrected chi connectivity index (χ0v) is 18.4. The quantitative estimate of drug-likeness (QED) is 0.586. The molecular formula is C24H23ClF3NO3. The Kier molecular flexibility index (Phi) is 5.54. The number of rotatable bonds is 3. The van der Waals surface area contributed by atoms with E-state index in [2.05, 4.69) is 5.32 Å². The average Bonchev–Trinajstić information content (AvgIpc) is 2.98. The van der Waals surface area contributed by atoms with E-state index in [0.29, 0.717) is 10.6 Å².